The molecule has 9 heteroatoms. The van der Waals surface area contributed by atoms with E-state index in [4.69, 9.17) is 0 Å². The molecule has 0 fully saturated rings. The number of nitro groups is 1. The van der Waals surface area contributed by atoms with Gasteiger partial charge < -0.3 is 5.32 Å². The van der Waals surface area contributed by atoms with Crippen LogP contribution in [0.5, 0.6) is 0 Å². The molecule has 0 unspecified atom stereocenters. The molecule has 0 spiro atoms. The first kappa shape index (κ1) is 15.3. The Morgan fingerprint density at radius 2 is 2.12 bits per heavy atom. The predicted octanol–water partition coefficient (Wildman–Crippen LogP) is 2.13. The first-order valence-corrected chi connectivity index (χ1v) is 6.92. The van der Waals surface area contributed by atoms with E-state index in [1.807, 2.05) is 6.92 Å². The molecular weight excluding hydrogens is 312 g/mol. The second-order valence-electron chi connectivity index (χ2n) is 4.97. The van der Waals surface area contributed by atoms with Gasteiger partial charge in [0.05, 0.1) is 4.92 Å². The van der Waals surface area contributed by atoms with E-state index in [0.717, 1.165) is 5.56 Å². The standard InChI is InChI=1S/C15H12N6O3/c1-10-4-5-17-14(6-10)19-15(22)11-2-3-12(13(7-11)21(23)24)20-9-16-8-18-20/h2-9H,1H3,(H,17,19,22). The number of benzene rings is 1. The molecule has 0 aliphatic rings. The van der Waals surface area contributed by atoms with E-state index in [9.17, 15) is 14.9 Å². The van der Waals surface area contributed by atoms with Crippen LogP contribution < -0.4 is 5.32 Å². The second-order valence-corrected chi connectivity index (χ2v) is 4.97. The molecule has 1 aromatic carbocycles. The molecular formula is C15H12N6O3. The summed E-state index contributed by atoms with van der Waals surface area (Å²) in [7, 11) is 0. The summed E-state index contributed by atoms with van der Waals surface area (Å²) in [6.45, 7) is 1.87. The molecule has 3 rings (SSSR count). The van der Waals surface area contributed by atoms with Gasteiger partial charge in [-0.2, -0.15) is 5.10 Å². The maximum absolute atomic E-state index is 12.3. The number of rotatable bonds is 4. The molecule has 120 valence electrons. The van der Waals surface area contributed by atoms with Crippen molar-refractivity contribution >= 4 is 17.4 Å². The maximum Gasteiger partial charge on any atom is 0.295 e. The number of amides is 1. The van der Waals surface area contributed by atoms with Crippen molar-refractivity contribution in [3.05, 3.63) is 70.4 Å². The van der Waals surface area contributed by atoms with Crippen LogP contribution in [0.15, 0.2) is 49.2 Å². The Labute approximate surface area is 136 Å². The molecule has 9 nitrogen and oxygen atoms in total. The molecule has 2 aromatic heterocycles. The number of aryl methyl sites for hydroxylation is 1. The number of nitrogens with zero attached hydrogens (tertiary/aromatic N) is 5. The van der Waals surface area contributed by atoms with Crippen LogP contribution in [0, 0.1) is 17.0 Å². The van der Waals surface area contributed by atoms with Gasteiger partial charge >= 0.3 is 0 Å². The summed E-state index contributed by atoms with van der Waals surface area (Å²) in [5.41, 5.74) is 1.06. The number of carbonyl (C=O) groups excluding carboxylic acids is 1. The lowest BCUT2D eigenvalue weighted by molar-refractivity contribution is -0.384. The minimum absolute atomic E-state index is 0.147. The molecule has 1 amide bonds. The van der Waals surface area contributed by atoms with Crippen LogP contribution in [-0.4, -0.2) is 30.6 Å². The Morgan fingerprint density at radius 1 is 1.29 bits per heavy atom. The maximum atomic E-state index is 12.3. The highest BCUT2D eigenvalue weighted by Gasteiger charge is 2.19. The Hall–Kier alpha value is -3.62. The SMILES string of the molecule is Cc1ccnc(NC(=O)c2ccc(-n3cncn3)c([N+](=O)[O-])c2)c1. The number of nitro benzene ring substituents is 1. The van der Waals surface area contributed by atoms with Gasteiger partial charge in [0, 0.05) is 17.8 Å². The lowest BCUT2D eigenvalue weighted by Crippen LogP contribution is -2.14. The number of pyridine rings is 1. The molecule has 2 heterocycles. The molecule has 3 aromatic rings. The number of hydrogen-bond acceptors (Lipinski definition) is 6. The zero-order valence-corrected chi connectivity index (χ0v) is 12.6. The van der Waals surface area contributed by atoms with Crippen LogP contribution in [0.3, 0.4) is 0 Å². The highest BCUT2D eigenvalue weighted by atomic mass is 16.6. The lowest BCUT2D eigenvalue weighted by Gasteiger charge is -2.07. The van der Waals surface area contributed by atoms with Crippen LogP contribution in [0.1, 0.15) is 15.9 Å². The first-order valence-electron chi connectivity index (χ1n) is 6.92. The normalized spacial score (nSPS) is 10.4. The van der Waals surface area contributed by atoms with E-state index in [1.54, 1.807) is 18.3 Å². The summed E-state index contributed by atoms with van der Waals surface area (Å²) in [6.07, 6.45) is 4.19. The third-order valence-corrected chi connectivity index (χ3v) is 3.26. The van der Waals surface area contributed by atoms with Gasteiger partial charge in [0.1, 0.15) is 24.2 Å². The van der Waals surface area contributed by atoms with Crippen molar-refractivity contribution in [1.82, 2.24) is 19.7 Å². The average molecular weight is 324 g/mol. The number of carbonyl (C=O) groups is 1. The van der Waals surface area contributed by atoms with Crippen molar-refractivity contribution < 1.29 is 9.72 Å². The smallest absolute Gasteiger partial charge is 0.295 e. The Morgan fingerprint density at radius 3 is 2.79 bits per heavy atom. The third-order valence-electron chi connectivity index (χ3n) is 3.26. The van der Waals surface area contributed by atoms with E-state index >= 15 is 0 Å². The number of anilines is 1. The second kappa shape index (κ2) is 6.24. The minimum Gasteiger partial charge on any atom is -0.307 e. The molecule has 0 bridgehead atoms. The summed E-state index contributed by atoms with van der Waals surface area (Å²) in [6, 6.07) is 7.63. The number of aromatic nitrogens is 4. The molecule has 24 heavy (non-hydrogen) atoms. The highest BCUT2D eigenvalue weighted by Crippen LogP contribution is 2.24. The fraction of sp³-hybridized carbons (Fsp3) is 0.0667. The average Bonchev–Trinajstić information content (AvgIpc) is 3.08. The third kappa shape index (κ3) is 3.09. The van der Waals surface area contributed by atoms with E-state index in [-0.39, 0.29) is 16.9 Å². The van der Waals surface area contributed by atoms with Crippen molar-refractivity contribution in [2.24, 2.45) is 0 Å². The van der Waals surface area contributed by atoms with E-state index < -0.39 is 10.8 Å². The molecule has 0 radical (unpaired) electrons. The number of hydrogen-bond donors (Lipinski definition) is 1. The Bertz CT molecular complexity index is 907. The molecule has 0 aliphatic heterocycles. The largest absolute Gasteiger partial charge is 0.307 e. The Balaban J connectivity index is 1.93. The topological polar surface area (TPSA) is 116 Å². The molecule has 0 saturated carbocycles. The number of nitrogens with one attached hydrogen (secondary N) is 1. The van der Waals surface area contributed by atoms with Gasteiger partial charge in [0.2, 0.25) is 0 Å². The summed E-state index contributed by atoms with van der Waals surface area (Å²) in [5.74, 6) is -0.107. The van der Waals surface area contributed by atoms with Crippen LogP contribution >= 0.6 is 0 Å². The zero-order chi connectivity index (χ0) is 17.1. The van der Waals surface area contributed by atoms with Gasteiger partial charge in [-0.15, -0.1) is 0 Å². The van der Waals surface area contributed by atoms with Crippen molar-refractivity contribution in [3.63, 3.8) is 0 Å². The monoisotopic (exact) mass is 324 g/mol. The van der Waals surface area contributed by atoms with Crippen molar-refractivity contribution in [2.75, 3.05) is 5.32 Å². The summed E-state index contributed by atoms with van der Waals surface area (Å²) in [4.78, 5) is 30.8. The lowest BCUT2D eigenvalue weighted by atomic mass is 10.1. The van der Waals surface area contributed by atoms with E-state index in [0.29, 0.717) is 5.82 Å². The quantitative estimate of drug-likeness (QED) is 0.580. The molecule has 1 N–H and O–H groups in total. The van der Waals surface area contributed by atoms with Crippen molar-refractivity contribution in [3.8, 4) is 5.69 Å². The Kier molecular flexibility index (Phi) is 3.98. The first-order chi connectivity index (χ1) is 11.5. The fourth-order valence-electron chi connectivity index (χ4n) is 2.13. The van der Waals surface area contributed by atoms with Crippen LogP contribution in [0.2, 0.25) is 0 Å². The van der Waals surface area contributed by atoms with Gasteiger partial charge in [0.25, 0.3) is 11.6 Å². The summed E-state index contributed by atoms with van der Waals surface area (Å²) >= 11 is 0. The van der Waals surface area contributed by atoms with Gasteiger partial charge in [-0.05, 0) is 36.8 Å². The summed E-state index contributed by atoms with van der Waals surface area (Å²) < 4.78 is 1.27. The molecule has 0 aliphatic carbocycles. The van der Waals surface area contributed by atoms with Gasteiger partial charge in [-0.25, -0.2) is 14.6 Å². The zero-order valence-electron chi connectivity index (χ0n) is 12.6. The predicted molar refractivity (Wildman–Crippen MR) is 84.9 cm³/mol. The van der Waals surface area contributed by atoms with E-state index in [1.165, 1.54) is 35.5 Å². The van der Waals surface area contributed by atoms with Crippen molar-refractivity contribution in [2.45, 2.75) is 6.92 Å². The molecule has 0 atom stereocenters. The van der Waals surface area contributed by atoms with Gasteiger partial charge in [-0.1, -0.05) is 0 Å². The highest BCUT2D eigenvalue weighted by molar-refractivity contribution is 6.04. The van der Waals surface area contributed by atoms with Crippen LogP contribution in [0.25, 0.3) is 5.69 Å². The molecule has 0 saturated heterocycles. The minimum atomic E-state index is -0.571. The van der Waals surface area contributed by atoms with Crippen LogP contribution in [0.4, 0.5) is 11.5 Å². The van der Waals surface area contributed by atoms with E-state index in [2.05, 4.69) is 20.4 Å². The van der Waals surface area contributed by atoms with Crippen LogP contribution in [-0.2, 0) is 0 Å². The van der Waals surface area contributed by atoms with Crippen molar-refractivity contribution in [1.29, 1.82) is 0 Å². The summed E-state index contributed by atoms with van der Waals surface area (Å²) in [5, 5.41) is 17.8. The van der Waals surface area contributed by atoms with Gasteiger partial charge in [-0.3, -0.25) is 14.9 Å². The van der Waals surface area contributed by atoms with Gasteiger partial charge in [0.15, 0.2) is 0 Å². The fourth-order valence-corrected chi connectivity index (χ4v) is 2.13.